The van der Waals surface area contributed by atoms with Gasteiger partial charge in [0.1, 0.15) is 4.70 Å². The summed E-state index contributed by atoms with van der Waals surface area (Å²) in [6.45, 7) is 8.53. The number of nitrogens with one attached hydrogen (secondary N) is 1. The molecule has 6 nitrogen and oxygen atoms in total. The maximum atomic E-state index is 13.4. The topological polar surface area (TPSA) is 73.1 Å². The zero-order chi connectivity index (χ0) is 23.5. The first-order chi connectivity index (χ1) is 15.9. The number of thiophene rings is 1. The molecule has 1 fully saturated rings. The fourth-order valence-corrected chi connectivity index (χ4v) is 5.50. The van der Waals surface area contributed by atoms with Gasteiger partial charge in [-0.2, -0.15) is 0 Å². The van der Waals surface area contributed by atoms with Crippen molar-refractivity contribution in [2.24, 2.45) is 11.8 Å². The average molecular weight is 466 g/mol. The molecule has 2 heterocycles. The summed E-state index contributed by atoms with van der Waals surface area (Å²) >= 11 is 1.38. The molecule has 33 heavy (non-hydrogen) atoms. The first-order valence-electron chi connectivity index (χ1n) is 11.6. The van der Waals surface area contributed by atoms with Crippen molar-refractivity contribution in [3.63, 3.8) is 0 Å². The minimum atomic E-state index is -0.265. The zero-order valence-electron chi connectivity index (χ0n) is 19.3. The third-order valence-electron chi connectivity index (χ3n) is 6.48. The van der Waals surface area contributed by atoms with Gasteiger partial charge < -0.3 is 5.32 Å². The standard InChI is InChI=1S/C26H31N3O3S/c1-4-18-5-7-19(8-6-18)15-28-22-13-14-33-23(22)25(31)29(26(28)32)16-20-9-11-21(12-10-20)24(30)27-17(2)3/h4-8,13-14,17,20-21H,1,9-12,15-16H2,2-3H3,(H,27,30). The lowest BCUT2D eigenvalue weighted by Gasteiger charge is -2.28. The fraction of sp³-hybridized carbons (Fsp3) is 0.423. The van der Waals surface area contributed by atoms with Crippen LogP contribution in [0.4, 0.5) is 0 Å². The second-order valence-electron chi connectivity index (χ2n) is 9.25. The molecule has 3 aromatic rings. The molecule has 0 saturated heterocycles. The van der Waals surface area contributed by atoms with E-state index in [1.807, 2.05) is 49.6 Å². The summed E-state index contributed by atoms with van der Waals surface area (Å²) in [6, 6.07) is 9.91. The second-order valence-corrected chi connectivity index (χ2v) is 10.2. The number of carbonyl (C=O) groups is 1. The Hall–Kier alpha value is -2.93. The van der Waals surface area contributed by atoms with Crippen molar-refractivity contribution in [1.29, 1.82) is 0 Å². The smallest absolute Gasteiger partial charge is 0.331 e. The summed E-state index contributed by atoms with van der Waals surface area (Å²) in [5, 5.41) is 4.87. The second kappa shape index (κ2) is 9.91. The number of hydrogen-bond acceptors (Lipinski definition) is 4. The Labute approximate surface area is 197 Å². The highest BCUT2D eigenvalue weighted by Gasteiger charge is 2.28. The average Bonchev–Trinajstić information content (AvgIpc) is 3.30. The number of carbonyl (C=O) groups excluding carboxylic acids is 1. The van der Waals surface area contributed by atoms with E-state index in [9.17, 15) is 14.4 Å². The predicted molar refractivity (Wildman–Crippen MR) is 135 cm³/mol. The normalized spacial score (nSPS) is 18.5. The Morgan fingerprint density at radius 1 is 1.12 bits per heavy atom. The van der Waals surface area contributed by atoms with Crippen molar-refractivity contribution in [2.75, 3.05) is 0 Å². The van der Waals surface area contributed by atoms with Gasteiger partial charge in [-0.05, 0) is 68.0 Å². The van der Waals surface area contributed by atoms with Gasteiger partial charge in [-0.3, -0.25) is 18.7 Å². The van der Waals surface area contributed by atoms with E-state index in [1.165, 1.54) is 15.9 Å². The Morgan fingerprint density at radius 3 is 2.45 bits per heavy atom. The van der Waals surface area contributed by atoms with Gasteiger partial charge in [-0.15, -0.1) is 11.3 Å². The van der Waals surface area contributed by atoms with E-state index in [2.05, 4.69) is 11.9 Å². The predicted octanol–water partition coefficient (Wildman–Crippen LogP) is 4.25. The molecule has 1 aliphatic rings. The van der Waals surface area contributed by atoms with Crippen molar-refractivity contribution in [3.05, 3.63) is 74.3 Å². The van der Waals surface area contributed by atoms with Crippen molar-refractivity contribution in [3.8, 4) is 0 Å². The van der Waals surface area contributed by atoms with Gasteiger partial charge in [0.25, 0.3) is 5.56 Å². The SMILES string of the molecule is C=Cc1ccc(Cn2c(=O)n(CC3CCC(C(=O)NC(C)C)CC3)c(=O)c3sccc32)cc1. The van der Waals surface area contributed by atoms with Gasteiger partial charge >= 0.3 is 5.69 Å². The van der Waals surface area contributed by atoms with E-state index in [1.54, 1.807) is 10.6 Å². The van der Waals surface area contributed by atoms with Gasteiger partial charge in [-0.25, -0.2) is 4.79 Å². The Morgan fingerprint density at radius 2 is 1.82 bits per heavy atom. The number of hydrogen-bond donors (Lipinski definition) is 1. The molecule has 174 valence electrons. The summed E-state index contributed by atoms with van der Waals surface area (Å²) in [7, 11) is 0. The number of amides is 1. The molecular formula is C26H31N3O3S. The van der Waals surface area contributed by atoms with Gasteiger partial charge in [0.15, 0.2) is 0 Å². The molecule has 2 aromatic heterocycles. The molecule has 1 aromatic carbocycles. The van der Waals surface area contributed by atoms with Crippen LogP contribution in [0.5, 0.6) is 0 Å². The maximum Gasteiger partial charge on any atom is 0.331 e. The fourth-order valence-electron chi connectivity index (χ4n) is 4.66. The van der Waals surface area contributed by atoms with Crippen LogP contribution in [0.1, 0.15) is 50.7 Å². The molecule has 1 aliphatic carbocycles. The Balaban J connectivity index is 1.57. The lowest BCUT2D eigenvalue weighted by Crippen LogP contribution is -2.42. The molecule has 0 radical (unpaired) electrons. The molecule has 7 heteroatoms. The van der Waals surface area contributed by atoms with Gasteiger partial charge in [-0.1, -0.05) is 36.9 Å². The number of aromatic nitrogens is 2. The van der Waals surface area contributed by atoms with Crippen LogP contribution in [0.3, 0.4) is 0 Å². The van der Waals surface area contributed by atoms with Crippen molar-refractivity contribution in [2.45, 2.75) is 58.7 Å². The van der Waals surface area contributed by atoms with E-state index >= 15 is 0 Å². The molecule has 0 spiro atoms. The molecule has 1 N–H and O–H groups in total. The van der Waals surface area contributed by atoms with Crippen LogP contribution in [0.25, 0.3) is 16.3 Å². The highest BCUT2D eigenvalue weighted by Crippen LogP contribution is 2.30. The minimum absolute atomic E-state index is 0.0235. The van der Waals surface area contributed by atoms with E-state index in [0.29, 0.717) is 23.3 Å². The van der Waals surface area contributed by atoms with Gasteiger partial charge in [0.05, 0.1) is 12.1 Å². The monoisotopic (exact) mass is 465 g/mol. The van der Waals surface area contributed by atoms with Crippen molar-refractivity contribution < 1.29 is 4.79 Å². The van der Waals surface area contributed by atoms with Crippen LogP contribution in [0.2, 0.25) is 0 Å². The quantitative estimate of drug-likeness (QED) is 0.567. The molecular weight excluding hydrogens is 434 g/mol. The van der Waals surface area contributed by atoms with Crippen LogP contribution in [0.15, 0.2) is 51.9 Å². The van der Waals surface area contributed by atoms with Crippen LogP contribution >= 0.6 is 11.3 Å². The van der Waals surface area contributed by atoms with E-state index in [4.69, 9.17) is 0 Å². The summed E-state index contributed by atoms with van der Waals surface area (Å²) < 4.78 is 3.73. The van der Waals surface area contributed by atoms with Crippen LogP contribution < -0.4 is 16.6 Å². The summed E-state index contributed by atoms with van der Waals surface area (Å²) in [5.41, 5.74) is 2.24. The van der Waals surface area contributed by atoms with Gasteiger partial charge in [0, 0.05) is 18.5 Å². The first-order valence-corrected chi connectivity index (χ1v) is 12.5. The van der Waals surface area contributed by atoms with E-state index in [-0.39, 0.29) is 35.0 Å². The summed E-state index contributed by atoms with van der Waals surface area (Å²) in [4.78, 5) is 38.9. The summed E-state index contributed by atoms with van der Waals surface area (Å²) in [6.07, 6.45) is 5.06. The molecule has 0 aliphatic heterocycles. The number of nitrogens with zero attached hydrogens (tertiary/aromatic N) is 2. The molecule has 0 unspecified atom stereocenters. The lowest BCUT2D eigenvalue weighted by molar-refractivity contribution is -0.126. The zero-order valence-corrected chi connectivity index (χ0v) is 20.1. The van der Waals surface area contributed by atoms with Crippen LogP contribution in [-0.4, -0.2) is 21.1 Å². The number of benzene rings is 1. The van der Waals surface area contributed by atoms with E-state index < -0.39 is 0 Å². The van der Waals surface area contributed by atoms with Crippen molar-refractivity contribution >= 4 is 33.5 Å². The summed E-state index contributed by atoms with van der Waals surface area (Å²) in [5.74, 6) is 0.358. The molecule has 1 amide bonds. The van der Waals surface area contributed by atoms with Crippen molar-refractivity contribution in [1.82, 2.24) is 14.5 Å². The first kappa shape index (κ1) is 23.2. The molecule has 1 saturated carbocycles. The largest absolute Gasteiger partial charge is 0.354 e. The van der Waals surface area contributed by atoms with E-state index in [0.717, 1.165) is 36.8 Å². The van der Waals surface area contributed by atoms with Gasteiger partial charge in [0.2, 0.25) is 5.91 Å². The number of fused-ring (bicyclic) bond motifs is 1. The lowest BCUT2D eigenvalue weighted by atomic mass is 9.81. The molecule has 0 atom stereocenters. The van der Waals surface area contributed by atoms with Crippen LogP contribution in [0, 0.1) is 11.8 Å². The third kappa shape index (κ3) is 5.03. The maximum absolute atomic E-state index is 13.4. The number of rotatable bonds is 7. The van der Waals surface area contributed by atoms with Crippen LogP contribution in [-0.2, 0) is 17.9 Å². The Kier molecular flexibility index (Phi) is 6.98. The molecule has 0 bridgehead atoms. The molecule has 4 rings (SSSR count). The highest BCUT2D eigenvalue weighted by molar-refractivity contribution is 7.17. The Bertz CT molecular complexity index is 1260. The minimum Gasteiger partial charge on any atom is -0.354 e. The highest BCUT2D eigenvalue weighted by atomic mass is 32.1. The third-order valence-corrected chi connectivity index (χ3v) is 7.37.